The highest BCUT2D eigenvalue weighted by molar-refractivity contribution is 5.86. The van der Waals surface area contributed by atoms with Crippen molar-refractivity contribution in [3.8, 4) is 0 Å². The van der Waals surface area contributed by atoms with Gasteiger partial charge in [-0.2, -0.15) is 0 Å². The first-order valence-corrected chi connectivity index (χ1v) is 9.74. The van der Waals surface area contributed by atoms with E-state index in [0.29, 0.717) is 12.1 Å². The molecule has 0 rings (SSSR count). The molecule has 0 fully saturated rings. The predicted octanol–water partition coefficient (Wildman–Crippen LogP) is 5.14. The third-order valence-corrected chi connectivity index (χ3v) is 3.91. The maximum absolute atomic E-state index is 11.6. The summed E-state index contributed by atoms with van der Waals surface area (Å²) >= 11 is 0. The van der Waals surface area contributed by atoms with E-state index in [2.05, 4.69) is 18.8 Å². The zero-order valence-corrected chi connectivity index (χ0v) is 16.4. The fourth-order valence-corrected chi connectivity index (χ4v) is 2.38. The van der Waals surface area contributed by atoms with Crippen LogP contribution < -0.4 is 5.32 Å². The predicted molar refractivity (Wildman–Crippen MR) is 102 cm³/mol. The van der Waals surface area contributed by atoms with E-state index in [-0.39, 0.29) is 6.61 Å². The zero-order valence-electron chi connectivity index (χ0n) is 16.4. The standard InChI is InChI=1S/C20H37NO4/c1-5-6-7-8-9-10-11-12-13-14-15-21-20(23)25-18(4)16-24-19(22)17(2)3/h18H,2,5-16H2,1,3-4H3,(H,21,23). The fraction of sp³-hybridized carbons (Fsp3) is 0.800. The van der Waals surface area contributed by atoms with Crippen LogP contribution in [0.1, 0.15) is 85.0 Å². The average molecular weight is 356 g/mol. The first kappa shape index (κ1) is 23.5. The molecule has 0 saturated heterocycles. The number of nitrogens with one attached hydrogen (secondary N) is 1. The van der Waals surface area contributed by atoms with Crippen LogP contribution in [0, 0.1) is 0 Å². The summed E-state index contributed by atoms with van der Waals surface area (Å²) in [5, 5.41) is 2.73. The zero-order chi connectivity index (χ0) is 18.9. The SMILES string of the molecule is C=C(C)C(=O)OCC(C)OC(=O)NCCCCCCCCCCCC. The van der Waals surface area contributed by atoms with Crippen molar-refractivity contribution in [2.75, 3.05) is 13.2 Å². The van der Waals surface area contributed by atoms with Crippen molar-refractivity contribution in [1.82, 2.24) is 5.32 Å². The van der Waals surface area contributed by atoms with Crippen molar-refractivity contribution in [2.45, 2.75) is 91.1 Å². The molecule has 0 aliphatic rings. The summed E-state index contributed by atoms with van der Waals surface area (Å²) in [6, 6.07) is 0. The first-order valence-electron chi connectivity index (χ1n) is 9.74. The van der Waals surface area contributed by atoms with Crippen LogP contribution in [-0.4, -0.2) is 31.3 Å². The van der Waals surface area contributed by atoms with Gasteiger partial charge in [0.15, 0.2) is 0 Å². The van der Waals surface area contributed by atoms with E-state index in [9.17, 15) is 9.59 Å². The maximum Gasteiger partial charge on any atom is 0.407 e. The largest absolute Gasteiger partial charge is 0.458 e. The normalized spacial score (nSPS) is 11.6. The maximum atomic E-state index is 11.6. The van der Waals surface area contributed by atoms with Gasteiger partial charge in [0.05, 0.1) is 0 Å². The van der Waals surface area contributed by atoms with Crippen LogP contribution in [-0.2, 0) is 14.3 Å². The fourth-order valence-electron chi connectivity index (χ4n) is 2.38. The molecule has 0 aromatic heterocycles. The minimum absolute atomic E-state index is 0.0391. The number of hydrogen-bond donors (Lipinski definition) is 1. The van der Waals surface area contributed by atoms with E-state index >= 15 is 0 Å². The van der Waals surface area contributed by atoms with E-state index < -0.39 is 18.2 Å². The molecule has 5 nitrogen and oxygen atoms in total. The second kappa shape index (κ2) is 16.0. The highest BCUT2D eigenvalue weighted by atomic mass is 16.6. The Kier molecular flexibility index (Phi) is 15.0. The number of carbonyl (C=O) groups is 2. The van der Waals surface area contributed by atoms with E-state index in [0.717, 1.165) is 12.8 Å². The Labute approximate surface area is 153 Å². The molecule has 0 aromatic rings. The van der Waals surface area contributed by atoms with Gasteiger partial charge in [-0.3, -0.25) is 0 Å². The number of amides is 1. The second-order valence-corrected chi connectivity index (χ2v) is 6.70. The molecule has 0 aliphatic carbocycles. The lowest BCUT2D eigenvalue weighted by Gasteiger charge is -2.14. The quantitative estimate of drug-likeness (QED) is 0.251. The Morgan fingerprint density at radius 3 is 2.00 bits per heavy atom. The summed E-state index contributed by atoms with van der Waals surface area (Å²) in [5.41, 5.74) is 0.331. The average Bonchev–Trinajstić information content (AvgIpc) is 2.57. The van der Waals surface area contributed by atoms with Gasteiger partial charge in [0.1, 0.15) is 12.7 Å². The van der Waals surface area contributed by atoms with Gasteiger partial charge >= 0.3 is 12.1 Å². The minimum atomic E-state index is -0.476. The number of ether oxygens (including phenoxy) is 2. The van der Waals surface area contributed by atoms with E-state index in [4.69, 9.17) is 9.47 Å². The number of rotatable bonds is 15. The Morgan fingerprint density at radius 2 is 1.48 bits per heavy atom. The number of alkyl carbamates (subject to hydrolysis) is 1. The third kappa shape index (κ3) is 15.7. The van der Waals surface area contributed by atoms with Crippen molar-refractivity contribution < 1.29 is 19.1 Å². The van der Waals surface area contributed by atoms with E-state index in [1.54, 1.807) is 13.8 Å². The Balaban J connectivity index is 3.43. The van der Waals surface area contributed by atoms with Gasteiger partial charge < -0.3 is 14.8 Å². The van der Waals surface area contributed by atoms with Gasteiger partial charge in [-0.05, 0) is 20.3 Å². The van der Waals surface area contributed by atoms with Crippen molar-refractivity contribution in [2.24, 2.45) is 0 Å². The van der Waals surface area contributed by atoms with Gasteiger partial charge in [-0.15, -0.1) is 0 Å². The molecule has 1 amide bonds. The molecule has 0 saturated carbocycles. The summed E-state index contributed by atoms with van der Waals surface area (Å²) in [6.07, 6.45) is 11.7. The number of esters is 1. The first-order chi connectivity index (χ1) is 12.0. The van der Waals surface area contributed by atoms with E-state index in [1.807, 2.05) is 0 Å². The monoisotopic (exact) mass is 355 g/mol. The lowest BCUT2D eigenvalue weighted by Crippen LogP contribution is -2.31. The topological polar surface area (TPSA) is 64.6 Å². The molecule has 0 bridgehead atoms. The molecule has 1 unspecified atom stereocenters. The van der Waals surface area contributed by atoms with Crippen molar-refractivity contribution >= 4 is 12.1 Å². The summed E-state index contributed by atoms with van der Waals surface area (Å²) in [6.45, 7) is 9.65. The van der Waals surface area contributed by atoms with Crippen LogP contribution in [0.25, 0.3) is 0 Å². The smallest absolute Gasteiger partial charge is 0.407 e. The van der Waals surface area contributed by atoms with Gasteiger partial charge in [0.2, 0.25) is 0 Å². The molecule has 1 N–H and O–H groups in total. The summed E-state index contributed by atoms with van der Waals surface area (Å²) in [5.74, 6) is -0.471. The second-order valence-electron chi connectivity index (χ2n) is 6.70. The minimum Gasteiger partial charge on any atom is -0.458 e. The van der Waals surface area contributed by atoms with Gasteiger partial charge in [-0.25, -0.2) is 9.59 Å². The molecule has 1 atom stereocenters. The van der Waals surface area contributed by atoms with Crippen LogP contribution in [0.4, 0.5) is 4.79 Å². The van der Waals surface area contributed by atoms with Crippen LogP contribution in [0.2, 0.25) is 0 Å². The van der Waals surface area contributed by atoms with Gasteiger partial charge in [-0.1, -0.05) is 71.3 Å². The molecule has 146 valence electrons. The highest BCUT2D eigenvalue weighted by Gasteiger charge is 2.12. The Morgan fingerprint density at radius 1 is 0.960 bits per heavy atom. The van der Waals surface area contributed by atoms with Crippen molar-refractivity contribution in [3.63, 3.8) is 0 Å². The molecular formula is C20H37NO4. The molecule has 0 spiro atoms. The molecule has 0 aliphatic heterocycles. The Bertz CT molecular complexity index is 382. The molecular weight excluding hydrogens is 318 g/mol. The number of hydrogen-bond acceptors (Lipinski definition) is 4. The van der Waals surface area contributed by atoms with Crippen LogP contribution in [0.5, 0.6) is 0 Å². The molecule has 25 heavy (non-hydrogen) atoms. The Hall–Kier alpha value is -1.52. The lowest BCUT2D eigenvalue weighted by molar-refractivity contribution is -0.141. The van der Waals surface area contributed by atoms with Crippen LogP contribution in [0.3, 0.4) is 0 Å². The van der Waals surface area contributed by atoms with E-state index in [1.165, 1.54) is 51.4 Å². The number of carbonyl (C=O) groups excluding carboxylic acids is 2. The van der Waals surface area contributed by atoms with Crippen LogP contribution in [0.15, 0.2) is 12.2 Å². The van der Waals surface area contributed by atoms with Gasteiger partial charge in [0.25, 0.3) is 0 Å². The summed E-state index contributed by atoms with van der Waals surface area (Å²) < 4.78 is 10.0. The van der Waals surface area contributed by atoms with Crippen molar-refractivity contribution in [3.05, 3.63) is 12.2 Å². The summed E-state index contributed by atoms with van der Waals surface area (Å²) in [7, 11) is 0. The molecule has 5 heteroatoms. The third-order valence-electron chi connectivity index (χ3n) is 3.91. The highest BCUT2D eigenvalue weighted by Crippen LogP contribution is 2.10. The van der Waals surface area contributed by atoms with Crippen LogP contribution >= 0.6 is 0 Å². The summed E-state index contributed by atoms with van der Waals surface area (Å²) in [4.78, 5) is 22.8. The number of unbranched alkanes of at least 4 members (excludes halogenated alkanes) is 9. The van der Waals surface area contributed by atoms with Gasteiger partial charge in [0, 0.05) is 12.1 Å². The van der Waals surface area contributed by atoms with Crippen molar-refractivity contribution in [1.29, 1.82) is 0 Å². The molecule has 0 aromatic carbocycles. The molecule has 0 heterocycles. The lowest BCUT2D eigenvalue weighted by atomic mass is 10.1. The molecule has 0 radical (unpaired) electrons.